The van der Waals surface area contributed by atoms with Crippen LogP contribution in [0.5, 0.6) is 11.5 Å². The molecule has 1 aliphatic heterocycles. The molecule has 0 bridgehead atoms. The second-order valence-electron chi connectivity index (χ2n) is 7.00. The van der Waals surface area contributed by atoms with Gasteiger partial charge in [0.2, 0.25) is 11.7 Å². The Morgan fingerprint density at radius 2 is 1.84 bits per heavy atom. The van der Waals surface area contributed by atoms with E-state index in [1.807, 2.05) is 6.07 Å². The van der Waals surface area contributed by atoms with E-state index in [0.29, 0.717) is 10.0 Å². The Balaban J connectivity index is 1.96. The van der Waals surface area contributed by atoms with Crippen molar-refractivity contribution in [1.29, 1.82) is 5.26 Å². The van der Waals surface area contributed by atoms with E-state index >= 15 is 0 Å². The highest BCUT2D eigenvalue weighted by molar-refractivity contribution is 9.10. The fourth-order valence-corrected chi connectivity index (χ4v) is 4.33. The molecule has 2 N–H and O–H groups in total. The van der Waals surface area contributed by atoms with Crippen molar-refractivity contribution in [1.82, 2.24) is 0 Å². The SMILES string of the molecule is COc1cc(C2C(C#N)=C(N)OC3=C2C(=O)c2ccccc2C3=O)cc(Br)c1OC(C)=O. The van der Waals surface area contributed by atoms with Crippen LogP contribution in [0.3, 0.4) is 0 Å². The van der Waals surface area contributed by atoms with Gasteiger partial charge in [0.05, 0.1) is 23.1 Å². The molecule has 0 radical (unpaired) electrons. The molecule has 1 aliphatic carbocycles. The summed E-state index contributed by atoms with van der Waals surface area (Å²) in [4.78, 5) is 38.0. The smallest absolute Gasteiger partial charge is 0.308 e. The van der Waals surface area contributed by atoms with Gasteiger partial charge in [-0.25, -0.2) is 0 Å². The maximum Gasteiger partial charge on any atom is 0.308 e. The molecule has 0 saturated heterocycles. The molecule has 9 heteroatoms. The van der Waals surface area contributed by atoms with Gasteiger partial charge in [-0.05, 0) is 33.6 Å². The summed E-state index contributed by atoms with van der Waals surface area (Å²) in [6, 6.07) is 11.5. The van der Waals surface area contributed by atoms with E-state index in [-0.39, 0.29) is 45.4 Å². The van der Waals surface area contributed by atoms with Crippen LogP contribution in [0, 0.1) is 11.3 Å². The zero-order valence-electron chi connectivity index (χ0n) is 16.9. The molecular weight excluding hydrogens is 480 g/mol. The van der Waals surface area contributed by atoms with Gasteiger partial charge in [-0.2, -0.15) is 5.26 Å². The van der Waals surface area contributed by atoms with E-state index < -0.39 is 23.5 Å². The van der Waals surface area contributed by atoms with E-state index in [2.05, 4.69) is 15.9 Å². The van der Waals surface area contributed by atoms with Crippen LogP contribution in [-0.4, -0.2) is 24.6 Å². The molecule has 1 heterocycles. The number of esters is 1. The fraction of sp³-hybridized carbons (Fsp3) is 0.130. The number of benzene rings is 2. The minimum absolute atomic E-state index is 0.00800. The molecule has 2 aliphatic rings. The number of hydrogen-bond acceptors (Lipinski definition) is 8. The summed E-state index contributed by atoms with van der Waals surface area (Å²) in [6.07, 6.45) is 0. The third-order valence-corrected chi connectivity index (χ3v) is 5.71. The number of Topliss-reactive ketones (excluding diaryl/α,β-unsaturated/α-hetero) is 2. The number of rotatable bonds is 3. The number of ketones is 2. The lowest BCUT2D eigenvalue weighted by molar-refractivity contribution is -0.132. The van der Waals surface area contributed by atoms with Crippen molar-refractivity contribution in [3.8, 4) is 17.6 Å². The number of halogens is 1. The van der Waals surface area contributed by atoms with Crippen LogP contribution in [0.4, 0.5) is 0 Å². The maximum absolute atomic E-state index is 13.4. The fourth-order valence-electron chi connectivity index (χ4n) is 3.79. The van der Waals surface area contributed by atoms with Crippen molar-refractivity contribution < 1.29 is 28.6 Å². The summed E-state index contributed by atoms with van der Waals surface area (Å²) >= 11 is 3.35. The lowest BCUT2D eigenvalue weighted by Crippen LogP contribution is -2.32. The molecule has 32 heavy (non-hydrogen) atoms. The second kappa shape index (κ2) is 7.98. The average Bonchev–Trinajstić information content (AvgIpc) is 2.77. The first-order valence-electron chi connectivity index (χ1n) is 9.34. The molecule has 0 spiro atoms. The zero-order chi connectivity index (χ0) is 23.2. The lowest BCUT2D eigenvalue weighted by atomic mass is 9.75. The summed E-state index contributed by atoms with van der Waals surface area (Å²) in [5.74, 6) is -2.65. The Labute approximate surface area is 191 Å². The third-order valence-electron chi connectivity index (χ3n) is 5.12. The highest BCUT2D eigenvalue weighted by atomic mass is 79.9. The monoisotopic (exact) mass is 494 g/mol. The molecule has 1 atom stereocenters. The molecule has 160 valence electrons. The Bertz CT molecular complexity index is 1320. The van der Waals surface area contributed by atoms with Crippen LogP contribution in [0.15, 0.2) is 63.7 Å². The summed E-state index contributed by atoms with van der Waals surface area (Å²) in [5.41, 5.74) is 6.79. The van der Waals surface area contributed by atoms with Crippen molar-refractivity contribution >= 4 is 33.5 Å². The van der Waals surface area contributed by atoms with Gasteiger partial charge in [-0.1, -0.05) is 24.3 Å². The minimum atomic E-state index is -0.995. The van der Waals surface area contributed by atoms with Crippen molar-refractivity contribution in [3.05, 3.63) is 80.3 Å². The number of carbonyl (C=O) groups is 3. The van der Waals surface area contributed by atoms with Crippen molar-refractivity contribution in [3.63, 3.8) is 0 Å². The predicted octanol–water partition coefficient (Wildman–Crippen LogP) is 3.52. The second-order valence-corrected chi connectivity index (χ2v) is 7.85. The molecule has 0 fully saturated rings. The summed E-state index contributed by atoms with van der Waals surface area (Å²) in [5, 5.41) is 9.80. The molecular formula is C23H15BrN2O6. The maximum atomic E-state index is 13.4. The molecule has 0 amide bonds. The Kier molecular flexibility index (Phi) is 5.32. The van der Waals surface area contributed by atoms with Gasteiger partial charge in [-0.3, -0.25) is 14.4 Å². The molecule has 1 unspecified atom stereocenters. The number of nitrogens with two attached hydrogens (primary N) is 1. The van der Waals surface area contributed by atoms with Crippen LogP contribution < -0.4 is 15.2 Å². The first-order chi connectivity index (χ1) is 15.3. The standard InChI is InChI=1S/C23H15BrN2O6/c1-10(27)31-21-15(24)7-11(8-16(21)30-2)17-14(9-25)23(26)32-22-18(17)19(28)12-5-3-4-6-13(12)20(22)29/h3-8,17H,26H2,1-2H3. The van der Waals surface area contributed by atoms with Gasteiger partial charge in [-0.15, -0.1) is 0 Å². The summed E-state index contributed by atoms with van der Waals surface area (Å²) in [6.45, 7) is 1.25. The Morgan fingerprint density at radius 3 is 2.44 bits per heavy atom. The van der Waals surface area contributed by atoms with Gasteiger partial charge >= 0.3 is 5.97 Å². The normalized spacial score (nSPS) is 17.2. The predicted molar refractivity (Wildman–Crippen MR) is 115 cm³/mol. The first-order valence-corrected chi connectivity index (χ1v) is 10.1. The van der Waals surface area contributed by atoms with Gasteiger partial charge < -0.3 is 19.9 Å². The largest absolute Gasteiger partial charge is 0.493 e. The number of nitriles is 1. The topological polar surface area (TPSA) is 129 Å². The highest BCUT2D eigenvalue weighted by Gasteiger charge is 2.44. The van der Waals surface area contributed by atoms with E-state index in [1.54, 1.807) is 24.3 Å². The molecule has 0 saturated carbocycles. The number of methoxy groups -OCH3 is 1. The zero-order valence-corrected chi connectivity index (χ0v) is 18.5. The Morgan fingerprint density at radius 1 is 1.19 bits per heavy atom. The van der Waals surface area contributed by atoms with Crippen LogP contribution in [0.25, 0.3) is 0 Å². The van der Waals surface area contributed by atoms with E-state index in [0.717, 1.165) is 0 Å². The van der Waals surface area contributed by atoms with Crippen LogP contribution in [-0.2, 0) is 9.53 Å². The van der Waals surface area contributed by atoms with Crippen molar-refractivity contribution in [2.45, 2.75) is 12.8 Å². The van der Waals surface area contributed by atoms with Gasteiger partial charge in [0.25, 0.3) is 0 Å². The lowest BCUT2D eigenvalue weighted by Gasteiger charge is -2.31. The van der Waals surface area contributed by atoms with Crippen LogP contribution in [0.1, 0.15) is 39.1 Å². The number of ether oxygens (including phenoxy) is 3. The quantitative estimate of drug-likeness (QED) is 0.506. The van der Waals surface area contributed by atoms with Crippen LogP contribution >= 0.6 is 15.9 Å². The minimum Gasteiger partial charge on any atom is -0.493 e. The number of fused-ring (bicyclic) bond motifs is 1. The van der Waals surface area contributed by atoms with Gasteiger partial charge in [0, 0.05) is 18.1 Å². The Hall–Kier alpha value is -3.90. The van der Waals surface area contributed by atoms with E-state index in [9.17, 15) is 19.6 Å². The number of hydrogen-bond donors (Lipinski definition) is 1. The summed E-state index contributed by atoms with van der Waals surface area (Å²) in [7, 11) is 1.38. The first kappa shape index (κ1) is 21.3. The van der Waals surface area contributed by atoms with Crippen molar-refractivity contribution in [2.75, 3.05) is 7.11 Å². The van der Waals surface area contributed by atoms with E-state index in [1.165, 1.54) is 26.2 Å². The number of carbonyl (C=O) groups excluding carboxylic acids is 3. The number of nitrogens with zero attached hydrogens (tertiary/aromatic N) is 1. The van der Waals surface area contributed by atoms with Gasteiger partial charge in [0.1, 0.15) is 11.6 Å². The molecule has 2 aromatic rings. The molecule has 0 aromatic heterocycles. The number of allylic oxidation sites excluding steroid dienone is 3. The van der Waals surface area contributed by atoms with Gasteiger partial charge in [0.15, 0.2) is 23.0 Å². The third kappa shape index (κ3) is 3.25. The summed E-state index contributed by atoms with van der Waals surface area (Å²) < 4.78 is 16.4. The van der Waals surface area contributed by atoms with Crippen molar-refractivity contribution in [2.24, 2.45) is 5.73 Å². The highest BCUT2D eigenvalue weighted by Crippen LogP contribution is 2.47. The average molecular weight is 495 g/mol. The molecule has 4 rings (SSSR count). The molecule has 2 aromatic carbocycles. The molecule has 8 nitrogen and oxygen atoms in total. The van der Waals surface area contributed by atoms with Crippen LogP contribution in [0.2, 0.25) is 0 Å². The van der Waals surface area contributed by atoms with E-state index in [4.69, 9.17) is 19.9 Å².